The van der Waals surface area contributed by atoms with Gasteiger partial charge in [-0.3, -0.25) is 14.4 Å². The number of anilines is 2. The van der Waals surface area contributed by atoms with E-state index in [9.17, 15) is 59.3 Å². The lowest BCUT2D eigenvalue weighted by Crippen LogP contribution is -2.45. The Morgan fingerprint density at radius 3 is 0.967 bits per heavy atom. The monoisotopic (exact) mass is 1740 g/mol. The summed E-state index contributed by atoms with van der Waals surface area (Å²) >= 11 is 0. The van der Waals surface area contributed by atoms with Gasteiger partial charge >= 0.3 is 0 Å². The van der Waals surface area contributed by atoms with Crippen LogP contribution in [0.3, 0.4) is 0 Å². The van der Waals surface area contributed by atoms with Gasteiger partial charge in [0.2, 0.25) is 5.95 Å². The number of halogens is 1. The van der Waals surface area contributed by atoms with E-state index in [4.69, 9.17) is 28.4 Å². The number of aromatic nitrogens is 3. The number of benzene rings is 3. The predicted octanol–water partition coefficient (Wildman–Crippen LogP) is 12.5. The summed E-state index contributed by atoms with van der Waals surface area (Å²) in [5.41, 5.74) is 0.611. The second kappa shape index (κ2) is 35.4. The summed E-state index contributed by atoms with van der Waals surface area (Å²) in [6.45, 7) is 17.5. The quantitative estimate of drug-likeness (QED) is 0.0349. The van der Waals surface area contributed by atoms with Crippen LogP contribution in [0, 0.1) is 26.7 Å². The number of aliphatic hydroxyl groups is 3. The minimum atomic E-state index is -4.32. The fourth-order valence-corrected chi connectivity index (χ4v) is 20.8. The third-order valence-electron chi connectivity index (χ3n) is 27.1. The van der Waals surface area contributed by atoms with Crippen molar-refractivity contribution in [1.29, 1.82) is 0 Å². The van der Waals surface area contributed by atoms with E-state index in [-0.39, 0.29) is 57.6 Å². The number of carbonyl (C=O) groups is 3. The number of hydrogen-bond donors (Lipinski definition) is 7. The molecule has 3 aromatic heterocycles. The number of hydrogen-bond acceptors (Lipinski definition) is 24. The van der Waals surface area contributed by atoms with Crippen molar-refractivity contribution in [1.82, 2.24) is 34.4 Å². The van der Waals surface area contributed by atoms with Gasteiger partial charge in [-0.05, 0) is 277 Å². The van der Waals surface area contributed by atoms with Gasteiger partial charge in [0.1, 0.15) is 28.9 Å². The lowest BCUT2D eigenvalue weighted by Gasteiger charge is -2.46. The first-order valence-corrected chi connectivity index (χ1v) is 47.8. The molecule has 6 aromatic rings. The summed E-state index contributed by atoms with van der Waals surface area (Å²) in [5, 5.41) is 32.0. The number of aryl methyl sites for hydroxylation is 3. The molecule has 6 saturated heterocycles. The molecule has 31 heteroatoms. The molecule has 9 heterocycles. The van der Waals surface area contributed by atoms with Crippen LogP contribution < -0.4 is 43.5 Å². The van der Waals surface area contributed by atoms with Gasteiger partial charge in [0.15, 0.2) is 31.9 Å². The molecule has 0 radical (unpaired) electrons. The third kappa shape index (κ3) is 21.1. The number of carbonyl (C=O) groups excluding carboxylic acids is 3. The van der Waals surface area contributed by atoms with Crippen LogP contribution in [0.15, 0.2) is 124 Å². The highest BCUT2D eigenvalue weighted by Crippen LogP contribution is 2.53. The SMILES string of the molecule is C.CC1(O)CCNCC1.Cc1ccc(C2CCC3(CCC3)OC2)c(OC2(C(=O)NS(=O)(=O)c3cccc(F)n3)CC2)c1.Cc1ccc(C2CCC3(CCC3)OC2)c(OC2(C(=O)NS(=O)(=O)c3cccc(N4CCC(C)(O)CC4)n3)CC2)c1.Cc1ccc(C2CCC3(CCC3)OC2)c(OC2(C(=O)NS(=O)(=O)c3cccc(N4CCC(C)(O)CC4)n3)CC2)c1. The lowest BCUT2D eigenvalue weighted by molar-refractivity contribution is -0.134. The largest absolute Gasteiger partial charge is 0.477 e. The second-order valence-corrected chi connectivity index (χ2v) is 42.0. The van der Waals surface area contributed by atoms with E-state index in [0.29, 0.717) is 139 Å². The molecule has 12 fully saturated rings. The van der Waals surface area contributed by atoms with Crippen LogP contribution in [0.2, 0.25) is 0 Å². The first kappa shape index (κ1) is 90.3. The highest BCUT2D eigenvalue weighted by Gasteiger charge is 2.58. The van der Waals surface area contributed by atoms with Crippen molar-refractivity contribution in [2.45, 2.75) is 306 Å². The minimum absolute atomic E-state index is 0. The Labute approximate surface area is 717 Å². The normalized spacial score (nSPS) is 24.2. The summed E-state index contributed by atoms with van der Waals surface area (Å²) in [6.07, 6.45) is 23.1. The van der Waals surface area contributed by atoms with Crippen LogP contribution in [-0.4, -0.2) is 183 Å². The van der Waals surface area contributed by atoms with E-state index in [1.54, 1.807) is 38.1 Å². The Kier molecular flexibility index (Phi) is 26.2. The zero-order chi connectivity index (χ0) is 85.7. The Balaban J connectivity index is 0.000000143. The van der Waals surface area contributed by atoms with Gasteiger partial charge in [-0.2, -0.15) is 29.6 Å². The lowest BCUT2D eigenvalue weighted by atomic mass is 9.73. The van der Waals surface area contributed by atoms with Gasteiger partial charge in [0, 0.05) is 82.5 Å². The van der Waals surface area contributed by atoms with E-state index in [2.05, 4.69) is 41.8 Å². The van der Waals surface area contributed by atoms with Gasteiger partial charge in [0.25, 0.3) is 47.8 Å². The smallest absolute Gasteiger partial charge is 0.281 e. The number of sulfonamides is 3. The molecular weight excluding hydrogens is 1620 g/mol. The number of piperidine rings is 3. The number of rotatable bonds is 20. The van der Waals surface area contributed by atoms with Gasteiger partial charge in [-0.1, -0.05) is 62.0 Å². The highest BCUT2D eigenvalue weighted by molar-refractivity contribution is 7.90. The third-order valence-corrected chi connectivity index (χ3v) is 30.8. The van der Waals surface area contributed by atoms with Crippen molar-refractivity contribution in [3.8, 4) is 17.2 Å². The molecule has 3 atom stereocenters. The molecule has 18 rings (SSSR count). The van der Waals surface area contributed by atoms with Crippen molar-refractivity contribution in [3.63, 3.8) is 0 Å². The maximum absolute atomic E-state index is 13.4. The number of amides is 3. The molecule has 12 aliphatic rings. The van der Waals surface area contributed by atoms with Crippen molar-refractivity contribution >= 4 is 59.4 Å². The number of ether oxygens (including phenoxy) is 6. The van der Waals surface area contributed by atoms with Crippen LogP contribution in [0.5, 0.6) is 17.2 Å². The summed E-state index contributed by atoms with van der Waals surface area (Å²) in [5.74, 6) is 0.312. The van der Waals surface area contributed by atoms with Gasteiger partial charge in [-0.15, -0.1) is 0 Å². The average molecular weight is 1750 g/mol. The predicted molar refractivity (Wildman–Crippen MR) is 457 cm³/mol. The van der Waals surface area contributed by atoms with Crippen molar-refractivity contribution < 1.29 is 87.8 Å². The highest BCUT2D eigenvalue weighted by atomic mass is 32.2. The Morgan fingerprint density at radius 2 is 0.713 bits per heavy atom. The van der Waals surface area contributed by atoms with Crippen LogP contribution in [0.25, 0.3) is 0 Å². The second-order valence-electron chi connectivity index (χ2n) is 37.1. The van der Waals surface area contributed by atoms with Gasteiger partial charge < -0.3 is 58.9 Å². The van der Waals surface area contributed by atoms with E-state index < -0.39 is 86.8 Å². The molecule has 3 amide bonds. The zero-order valence-electron chi connectivity index (χ0n) is 70.4. The summed E-state index contributed by atoms with van der Waals surface area (Å²) in [4.78, 5) is 55.7. The molecule has 3 spiro atoms. The Hall–Kier alpha value is -7.98. The average Bonchev–Trinajstić information content (AvgIpc) is 1.61. The van der Waals surface area contributed by atoms with Crippen LogP contribution in [-0.2, 0) is 58.7 Å². The van der Waals surface area contributed by atoms with E-state index >= 15 is 0 Å². The van der Waals surface area contributed by atoms with Crippen molar-refractivity contribution in [2.75, 3.05) is 68.9 Å². The summed E-state index contributed by atoms with van der Waals surface area (Å²) < 4.78 is 136. The first-order chi connectivity index (χ1) is 57.4. The standard InChI is InChI=1S/2C30H39N3O6S.C24H27FN2O5S.C6H13NO.CH4/c2*1-21-7-8-23(22-9-12-29(38-20-22)10-4-11-29)24(19-21)39-30(13-14-30)27(34)32-40(36,37)26-6-3-5-25(31-26)33-17-15-28(2,35)16-18-33;1-16-6-7-18(17-8-11-23(31-15-17)9-3-10-23)19(14-16)32-24(12-13-24)22(28)27-33(29,30)21-5-2-4-20(25)26-21;1-6(8)2-4-7-5-3-6;/h2*3,5-8,19,22,35H,4,9-18,20H2,1-2H3,(H,32,34);2,4-7,14,17H,3,8-13,15H2,1H3,(H,27,28);7-8H,2-5H2,1H3;1H4. The molecule has 3 unspecified atom stereocenters. The maximum Gasteiger partial charge on any atom is 0.281 e. The molecule has 3 aromatic carbocycles. The molecule has 27 nitrogen and oxygen atoms in total. The molecule has 7 N–H and O–H groups in total. The molecule has 0 bridgehead atoms. The van der Waals surface area contributed by atoms with Crippen molar-refractivity contribution in [2.24, 2.45) is 0 Å². The molecule has 6 saturated carbocycles. The Morgan fingerprint density at radius 1 is 0.418 bits per heavy atom. The molecule has 122 heavy (non-hydrogen) atoms. The molecule has 6 aliphatic carbocycles. The fourth-order valence-electron chi connectivity index (χ4n) is 17.7. The number of nitrogens with zero attached hydrogens (tertiary/aromatic N) is 5. The number of nitrogens with one attached hydrogen (secondary N) is 4. The van der Waals surface area contributed by atoms with Crippen LogP contribution in [0.4, 0.5) is 16.0 Å². The van der Waals surface area contributed by atoms with E-state index in [1.165, 1.54) is 37.5 Å². The van der Waals surface area contributed by atoms with Gasteiger partial charge in [-0.25, -0.2) is 29.1 Å². The zero-order valence-corrected chi connectivity index (χ0v) is 72.8. The van der Waals surface area contributed by atoms with E-state index in [1.807, 2.05) is 84.7 Å². The van der Waals surface area contributed by atoms with E-state index in [0.717, 1.165) is 148 Å². The molecule has 6 aliphatic heterocycles. The summed E-state index contributed by atoms with van der Waals surface area (Å²) in [6, 6.07) is 30.9. The molecule has 664 valence electrons. The van der Waals surface area contributed by atoms with Gasteiger partial charge in [0.05, 0.1) is 53.4 Å². The summed E-state index contributed by atoms with van der Waals surface area (Å²) in [7, 11) is -12.7. The van der Waals surface area contributed by atoms with Crippen LogP contribution in [0.1, 0.15) is 253 Å². The first-order valence-electron chi connectivity index (χ1n) is 43.3. The Bertz CT molecular complexity index is 4910. The van der Waals surface area contributed by atoms with Crippen LogP contribution >= 0.6 is 0 Å². The van der Waals surface area contributed by atoms with Crippen molar-refractivity contribution in [3.05, 3.63) is 149 Å². The molecular formula is C91H122FN9O18S3. The minimum Gasteiger partial charge on any atom is -0.477 e. The number of pyridine rings is 3. The maximum atomic E-state index is 13.4. The topological polar surface area (TPSA) is 363 Å². The fraction of sp³-hybridized carbons (Fsp3) is 0.604.